The number of cyclic esters (lactones) is 1. The van der Waals surface area contributed by atoms with Crippen molar-refractivity contribution < 1.29 is 18.3 Å². The van der Waals surface area contributed by atoms with Crippen molar-refractivity contribution in [1.82, 2.24) is 4.98 Å². The number of hydrogen-bond donors (Lipinski definition) is 0. The van der Waals surface area contributed by atoms with Crippen LogP contribution in [0.1, 0.15) is 5.56 Å². The van der Waals surface area contributed by atoms with E-state index in [9.17, 15) is 13.6 Å². The van der Waals surface area contributed by atoms with Crippen LogP contribution < -0.4 is 4.90 Å². The molecule has 0 fully saturated rings. The molecule has 1 aromatic carbocycles. The molecule has 0 radical (unpaired) electrons. The summed E-state index contributed by atoms with van der Waals surface area (Å²) in [5.41, 5.74) is 1.37. The van der Waals surface area contributed by atoms with Crippen LogP contribution in [-0.2, 0) is 16.1 Å². The SMILES string of the molecule is O=C1C=C(N(Cc2ccc(Cl)nc2)c2ccc(F)cc2F)CO1. The topological polar surface area (TPSA) is 42.4 Å². The van der Waals surface area contributed by atoms with Crippen LogP contribution >= 0.6 is 11.6 Å². The molecule has 7 heteroatoms. The standard InChI is InChI=1S/C16H11ClF2N2O2/c17-15-4-1-10(7-20-15)8-21(12-6-16(22)23-9-12)14-3-2-11(18)5-13(14)19/h1-7H,8-9H2. The van der Waals surface area contributed by atoms with E-state index in [4.69, 9.17) is 16.3 Å². The van der Waals surface area contributed by atoms with E-state index in [2.05, 4.69) is 4.98 Å². The molecule has 3 rings (SSSR count). The van der Waals surface area contributed by atoms with E-state index < -0.39 is 17.6 Å². The fourth-order valence-electron chi connectivity index (χ4n) is 2.24. The maximum atomic E-state index is 14.1. The first-order valence-corrected chi connectivity index (χ1v) is 7.11. The lowest BCUT2D eigenvalue weighted by atomic mass is 10.2. The maximum Gasteiger partial charge on any atom is 0.333 e. The molecule has 23 heavy (non-hydrogen) atoms. The van der Waals surface area contributed by atoms with Crippen molar-refractivity contribution >= 4 is 23.3 Å². The summed E-state index contributed by atoms with van der Waals surface area (Å²) in [5, 5.41) is 0.340. The van der Waals surface area contributed by atoms with E-state index in [0.717, 1.165) is 17.7 Å². The first-order chi connectivity index (χ1) is 11.0. The van der Waals surface area contributed by atoms with E-state index in [0.29, 0.717) is 10.9 Å². The van der Waals surface area contributed by atoms with Crippen molar-refractivity contribution in [2.24, 2.45) is 0 Å². The molecule has 0 atom stereocenters. The van der Waals surface area contributed by atoms with Gasteiger partial charge in [0.05, 0.1) is 11.4 Å². The van der Waals surface area contributed by atoms with Gasteiger partial charge in [-0.2, -0.15) is 0 Å². The molecule has 2 heterocycles. The number of carbonyl (C=O) groups is 1. The lowest BCUT2D eigenvalue weighted by Gasteiger charge is -2.25. The second-order valence-electron chi connectivity index (χ2n) is 4.91. The number of carbonyl (C=O) groups excluding carboxylic acids is 1. The Hall–Kier alpha value is -2.47. The second-order valence-corrected chi connectivity index (χ2v) is 5.30. The summed E-state index contributed by atoms with van der Waals surface area (Å²) in [5.74, 6) is -1.90. The summed E-state index contributed by atoms with van der Waals surface area (Å²) in [6.45, 7) is 0.256. The van der Waals surface area contributed by atoms with Gasteiger partial charge in [-0.05, 0) is 23.8 Å². The number of halogens is 3. The van der Waals surface area contributed by atoms with Gasteiger partial charge in [-0.25, -0.2) is 18.6 Å². The van der Waals surface area contributed by atoms with E-state index in [1.54, 1.807) is 23.2 Å². The molecule has 0 N–H and O–H groups in total. The number of anilines is 1. The number of hydrogen-bond acceptors (Lipinski definition) is 4. The molecule has 1 aliphatic heterocycles. The summed E-state index contributed by atoms with van der Waals surface area (Å²) in [6.07, 6.45) is 2.83. The van der Waals surface area contributed by atoms with Crippen molar-refractivity contribution in [3.63, 3.8) is 0 Å². The van der Waals surface area contributed by atoms with Crippen LogP contribution in [0.15, 0.2) is 48.3 Å². The summed E-state index contributed by atoms with van der Waals surface area (Å²) in [6, 6.07) is 6.62. The summed E-state index contributed by atoms with van der Waals surface area (Å²) < 4.78 is 32.2. The van der Waals surface area contributed by atoms with Crippen molar-refractivity contribution in [2.45, 2.75) is 6.54 Å². The fraction of sp³-hybridized carbons (Fsp3) is 0.125. The molecule has 118 valence electrons. The number of benzene rings is 1. The molecule has 0 aliphatic carbocycles. The predicted octanol–water partition coefficient (Wildman–Crippen LogP) is 3.46. The molecular weight excluding hydrogens is 326 g/mol. The molecular formula is C16H11ClF2N2O2. The Bertz CT molecular complexity index is 778. The maximum absolute atomic E-state index is 14.1. The van der Waals surface area contributed by atoms with E-state index >= 15 is 0 Å². The number of rotatable bonds is 4. The number of esters is 1. The fourth-order valence-corrected chi connectivity index (χ4v) is 2.36. The molecule has 0 saturated heterocycles. The molecule has 0 spiro atoms. The third-order valence-electron chi connectivity index (χ3n) is 3.32. The predicted molar refractivity (Wildman–Crippen MR) is 80.8 cm³/mol. The third kappa shape index (κ3) is 3.48. The molecule has 0 saturated carbocycles. The van der Waals surface area contributed by atoms with Crippen LogP contribution in [0.25, 0.3) is 0 Å². The summed E-state index contributed by atoms with van der Waals surface area (Å²) in [4.78, 5) is 16.8. The normalized spacial score (nSPS) is 13.7. The van der Waals surface area contributed by atoms with Crippen molar-refractivity contribution in [3.8, 4) is 0 Å². The Kier molecular flexibility index (Phi) is 4.25. The number of nitrogens with zero attached hydrogens (tertiary/aromatic N) is 2. The average Bonchev–Trinajstić information content (AvgIpc) is 2.94. The molecule has 1 aliphatic rings. The van der Waals surface area contributed by atoms with Crippen LogP contribution in [0, 0.1) is 11.6 Å². The Morgan fingerprint density at radius 3 is 2.70 bits per heavy atom. The third-order valence-corrected chi connectivity index (χ3v) is 3.55. The van der Waals surface area contributed by atoms with Gasteiger partial charge in [0, 0.05) is 24.9 Å². The Labute approximate surface area is 136 Å². The Balaban J connectivity index is 1.98. The summed E-state index contributed by atoms with van der Waals surface area (Å²) in [7, 11) is 0. The quantitative estimate of drug-likeness (QED) is 0.633. The highest BCUT2D eigenvalue weighted by atomic mass is 35.5. The van der Waals surface area contributed by atoms with E-state index in [1.807, 2.05) is 0 Å². The van der Waals surface area contributed by atoms with Gasteiger partial charge < -0.3 is 9.64 Å². The van der Waals surface area contributed by atoms with Gasteiger partial charge in [0.1, 0.15) is 23.4 Å². The minimum Gasteiger partial charge on any atom is -0.456 e. The van der Waals surface area contributed by atoms with Crippen LogP contribution in [0.2, 0.25) is 5.15 Å². The lowest BCUT2D eigenvalue weighted by molar-refractivity contribution is -0.134. The molecule has 4 nitrogen and oxygen atoms in total. The average molecular weight is 337 g/mol. The molecule has 0 bridgehead atoms. The minimum atomic E-state index is -0.729. The van der Waals surface area contributed by atoms with Gasteiger partial charge in [0.15, 0.2) is 0 Å². The molecule has 0 unspecified atom stereocenters. The second kappa shape index (κ2) is 6.34. The van der Waals surface area contributed by atoms with Crippen LogP contribution in [0.3, 0.4) is 0 Å². The molecule has 1 aromatic heterocycles. The van der Waals surface area contributed by atoms with Gasteiger partial charge in [-0.1, -0.05) is 17.7 Å². The minimum absolute atomic E-state index is 0.0245. The van der Waals surface area contributed by atoms with Crippen LogP contribution in [-0.4, -0.2) is 17.6 Å². The number of ether oxygens (including phenoxy) is 1. The zero-order valence-electron chi connectivity index (χ0n) is 11.8. The largest absolute Gasteiger partial charge is 0.456 e. The van der Waals surface area contributed by atoms with E-state index in [1.165, 1.54) is 12.1 Å². The van der Waals surface area contributed by atoms with Gasteiger partial charge in [0.2, 0.25) is 0 Å². The lowest BCUT2D eigenvalue weighted by Crippen LogP contribution is -2.24. The van der Waals surface area contributed by atoms with E-state index in [-0.39, 0.29) is 18.8 Å². The zero-order valence-corrected chi connectivity index (χ0v) is 12.6. The first kappa shape index (κ1) is 15.4. The Morgan fingerprint density at radius 1 is 1.26 bits per heavy atom. The molecule has 0 amide bonds. The van der Waals surface area contributed by atoms with Gasteiger partial charge in [-0.15, -0.1) is 0 Å². The van der Waals surface area contributed by atoms with Crippen LogP contribution in [0.5, 0.6) is 0 Å². The smallest absolute Gasteiger partial charge is 0.333 e. The highest BCUT2D eigenvalue weighted by Gasteiger charge is 2.23. The number of aromatic nitrogens is 1. The van der Waals surface area contributed by atoms with Crippen molar-refractivity contribution in [1.29, 1.82) is 0 Å². The molecule has 2 aromatic rings. The van der Waals surface area contributed by atoms with Crippen LogP contribution in [0.4, 0.5) is 14.5 Å². The number of pyridine rings is 1. The van der Waals surface area contributed by atoms with Gasteiger partial charge >= 0.3 is 5.97 Å². The van der Waals surface area contributed by atoms with Gasteiger partial charge in [0.25, 0.3) is 0 Å². The van der Waals surface area contributed by atoms with Crippen molar-refractivity contribution in [2.75, 3.05) is 11.5 Å². The highest BCUT2D eigenvalue weighted by molar-refractivity contribution is 6.29. The highest BCUT2D eigenvalue weighted by Crippen LogP contribution is 2.28. The Morgan fingerprint density at radius 2 is 2.09 bits per heavy atom. The zero-order chi connectivity index (χ0) is 16.4. The first-order valence-electron chi connectivity index (χ1n) is 6.73. The monoisotopic (exact) mass is 336 g/mol. The van der Waals surface area contributed by atoms with Gasteiger partial charge in [-0.3, -0.25) is 0 Å². The summed E-state index contributed by atoms with van der Waals surface area (Å²) >= 11 is 5.75. The van der Waals surface area contributed by atoms with Crippen molar-refractivity contribution in [3.05, 3.63) is 70.7 Å².